The second-order valence-electron chi connectivity index (χ2n) is 4.69. The van der Waals surface area contributed by atoms with Crippen LogP contribution in [0.15, 0.2) is 18.2 Å². The first-order valence-corrected chi connectivity index (χ1v) is 6.75. The fraction of sp³-hybridized carbons (Fsp3) is 0.462. The van der Waals surface area contributed by atoms with Crippen LogP contribution in [0.2, 0.25) is 5.02 Å². The van der Waals surface area contributed by atoms with Gasteiger partial charge in [0.05, 0.1) is 17.2 Å². The molecule has 0 aliphatic carbocycles. The lowest BCUT2D eigenvalue weighted by molar-refractivity contribution is -0.00521. The van der Waals surface area contributed by atoms with Gasteiger partial charge in [-0.1, -0.05) is 23.8 Å². The molecule has 0 saturated carbocycles. The molecule has 0 bridgehead atoms. The van der Waals surface area contributed by atoms with Crippen molar-refractivity contribution >= 4 is 34.5 Å². The van der Waals surface area contributed by atoms with E-state index in [0.717, 1.165) is 24.3 Å². The average molecular weight is 285 g/mol. The van der Waals surface area contributed by atoms with Crippen LogP contribution in [0.1, 0.15) is 19.4 Å². The Bertz CT molecular complexity index is 456. The highest BCUT2D eigenvalue weighted by atomic mass is 35.5. The van der Waals surface area contributed by atoms with E-state index < -0.39 is 0 Å². The van der Waals surface area contributed by atoms with Gasteiger partial charge >= 0.3 is 0 Å². The Kier molecular flexibility index (Phi) is 4.10. The van der Waals surface area contributed by atoms with E-state index in [1.54, 1.807) is 0 Å². The third-order valence-electron chi connectivity index (χ3n) is 3.00. The Morgan fingerprint density at radius 2 is 2.00 bits per heavy atom. The van der Waals surface area contributed by atoms with Crippen LogP contribution in [0.25, 0.3) is 0 Å². The summed E-state index contributed by atoms with van der Waals surface area (Å²) in [5, 5.41) is 0.604. The van der Waals surface area contributed by atoms with Crippen molar-refractivity contribution in [2.45, 2.75) is 26.1 Å². The van der Waals surface area contributed by atoms with Gasteiger partial charge in [0.25, 0.3) is 0 Å². The monoisotopic (exact) mass is 284 g/mol. The molecule has 2 rings (SSSR count). The number of hydrogen-bond donors (Lipinski definition) is 1. The Labute approximate surface area is 118 Å². The molecule has 2 atom stereocenters. The quantitative estimate of drug-likeness (QED) is 0.847. The highest BCUT2D eigenvalue weighted by molar-refractivity contribution is 7.80. The second-order valence-corrected chi connectivity index (χ2v) is 5.54. The number of hydrogen-bond acceptors (Lipinski definition) is 3. The molecule has 18 heavy (non-hydrogen) atoms. The summed E-state index contributed by atoms with van der Waals surface area (Å²) in [6, 6.07) is 5.80. The number of ether oxygens (including phenoxy) is 1. The number of benzene rings is 1. The normalized spacial score (nSPS) is 24.1. The summed E-state index contributed by atoms with van der Waals surface area (Å²) in [6.45, 7) is 5.89. The number of nitrogens with zero attached hydrogens (tertiary/aromatic N) is 1. The zero-order chi connectivity index (χ0) is 13.3. The fourth-order valence-electron chi connectivity index (χ4n) is 2.29. The molecule has 1 aromatic rings. The summed E-state index contributed by atoms with van der Waals surface area (Å²) in [5.41, 5.74) is 7.41. The van der Waals surface area contributed by atoms with Crippen molar-refractivity contribution in [2.24, 2.45) is 5.73 Å². The number of thiocarbonyl (C=S) groups is 1. The van der Waals surface area contributed by atoms with E-state index in [1.807, 2.05) is 18.2 Å². The SMILES string of the molecule is C[C@@H]1CN(c2ccc(C(N)=S)c(Cl)c2)C[C@H](C)O1. The van der Waals surface area contributed by atoms with Gasteiger partial charge in [-0.3, -0.25) is 0 Å². The van der Waals surface area contributed by atoms with Crippen molar-refractivity contribution < 1.29 is 4.74 Å². The second kappa shape index (κ2) is 5.43. The molecule has 0 unspecified atom stereocenters. The molecule has 5 heteroatoms. The first-order valence-electron chi connectivity index (χ1n) is 5.97. The van der Waals surface area contributed by atoms with Gasteiger partial charge < -0.3 is 15.4 Å². The van der Waals surface area contributed by atoms with Crippen LogP contribution in [-0.4, -0.2) is 30.3 Å². The molecule has 0 aromatic heterocycles. The van der Waals surface area contributed by atoms with E-state index in [4.69, 9.17) is 34.3 Å². The van der Waals surface area contributed by atoms with Crippen molar-refractivity contribution in [1.29, 1.82) is 0 Å². The predicted octanol–water partition coefficient (Wildman–Crippen LogP) is 2.59. The van der Waals surface area contributed by atoms with Gasteiger partial charge in [0.15, 0.2) is 0 Å². The van der Waals surface area contributed by atoms with Crippen molar-refractivity contribution in [3.05, 3.63) is 28.8 Å². The summed E-state index contributed by atoms with van der Waals surface area (Å²) in [6.07, 6.45) is 0.450. The summed E-state index contributed by atoms with van der Waals surface area (Å²) in [5.74, 6) is 0. The van der Waals surface area contributed by atoms with E-state index in [9.17, 15) is 0 Å². The van der Waals surface area contributed by atoms with Gasteiger partial charge in [0.2, 0.25) is 0 Å². The maximum Gasteiger partial charge on any atom is 0.105 e. The van der Waals surface area contributed by atoms with Gasteiger partial charge in [0, 0.05) is 24.3 Å². The predicted molar refractivity (Wildman–Crippen MR) is 79.6 cm³/mol. The van der Waals surface area contributed by atoms with Crippen molar-refractivity contribution in [1.82, 2.24) is 0 Å². The molecule has 0 spiro atoms. The highest BCUT2D eigenvalue weighted by Gasteiger charge is 2.22. The number of nitrogens with two attached hydrogens (primary N) is 1. The molecule has 2 N–H and O–H groups in total. The average Bonchev–Trinajstić information content (AvgIpc) is 2.26. The summed E-state index contributed by atoms with van der Waals surface area (Å²) < 4.78 is 5.71. The molecule has 0 amide bonds. The van der Waals surface area contributed by atoms with Crippen LogP contribution in [0.5, 0.6) is 0 Å². The molecular weight excluding hydrogens is 268 g/mol. The van der Waals surface area contributed by atoms with Crippen LogP contribution >= 0.6 is 23.8 Å². The minimum absolute atomic E-state index is 0.225. The van der Waals surface area contributed by atoms with Gasteiger partial charge in [-0.05, 0) is 32.0 Å². The van der Waals surface area contributed by atoms with Gasteiger partial charge in [-0.25, -0.2) is 0 Å². The molecule has 3 nitrogen and oxygen atoms in total. The van der Waals surface area contributed by atoms with Gasteiger partial charge in [-0.2, -0.15) is 0 Å². The standard InChI is InChI=1S/C13H17ClN2OS/c1-8-6-16(7-9(2)17-8)10-3-4-11(13(15)18)12(14)5-10/h3-5,8-9H,6-7H2,1-2H3,(H2,15,18)/t8-,9+. The molecule has 0 radical (unpaired) electrons. The molecule has 98 valence electrons. The van der Waals surface area contributed by atoms with Gasteiger partial charge in [-0.15, -0.1) is 0 Å². The lowest BCUT2D eigenvalue weighted by atomic mass is 10.1. The Morgan fingerprint density at radius 1 is 1.39 bits per heavy atom. The topological polar surface area (TPSA) is 38.5 Å². The van der Waals surface area contributed by atoms with Crippen LogP contribution in [-0.2, 0) is 4.74 Å². The van der Waals surface area contributed by atoms with Crippen LogP contribution in [0.3, 0.4) is 0 Å². The molecule has 1 aliphatic rings. The van der Waals surface area contributed by atoms with E-state index in [0.29, 0.717) is 10.0 Å². The number of morpholine rings is 1. The van der Waals surface area contributed by atoms with Crippen molar-refractivity contribution in [3.8, 4) is 0 Å². The van der Waals surface area contributed by atoms with Crippen LogP contribution in [0.4, 0.5) is 5.69 Å². The van der Waals surface area contributed by atoms with Crippen molar-refractivity contribution in [3.63, 3.8) is 0 Å². The van der Waals surface area contributed by atoms with E-state index in [-0.39, 0.29) is 12.2 Å². The van der Waals surface area contributed by atoms with E-state index in [1.165, 1.54) is 0 Å². The maximum atomic E-state index is 6.19. The fourth-order valence-corrected chi connectivity index (χ4v) is 2.80. The van der Waals surface area contributed by atoms with Crippen molar-refractivity contribution in [2.75, 3.05) is 18.0 Å². The minimum Gasteiger partial charge on any atom is -0.389 e. The van der Waals surface area contributed by atoms with Crippen LogP contribution in [0, 0.1) is 0 Å². The smallest absolute Gasteiger partial charge is 0.105 e. The number of halogens is 1. The number of rotatable bonds is 2. The Balaban J connectivity index is 2.23. The third kappa shape index (κ3) is 2.94. The lowest BCUT2D eigenvalue weighted by Gasteiger charge is -2.37. The summed E-state index contributed by atoms with van der Waals surface area (Å²) in [7, 11) is 0. The Hall–Kier alpha value is -0.840. The zero-order valence-electron chi connectivity index (χ0n) is 10.5. The highest BCUT2D eigenvalue weighted by Crippen LogP contribution is 2.26. The lowest BCUT2D eigenvalue weighted by Crippen LogP contribution is -2.45. The molecule has 1 aromatic carbocycles. The molecular formula is C13H17ClN2OS. The maximum absolute atomic E-state index is 6.19. The third-order valence-corrected chi connectivity index (χ3v) is 3.54. The summed E-state index contributed by atoms with van der Waals surface area (Å²) >= 11 is 11.1. The largest absolute Gasteiger partial charge is 0.389 e. The van der Waals surface area contributed by atoms with Gasteiger partial charge in [0.1, 0.15) is 4.99 Å². The molecule has 1 saturated heterocycles. The first-order chi connectivity index (χ1) is 8.47. The molecule has 1 heterocycles. The first kappa shape index (κ1) is 13.6. The van der Waals surface area contributed by atoms with E-state index >= 15 is 0 Å². The Morgan fingerprint density at radius 3 is 2.50 bits per heavy atom. The van der Waals surface area contributed by atoms with Crippen LogP contribution < -0.4 is 10.6 Å². The minimum atomic E-state index is 0.225. The van der Waals surface area contributed by atoms with E-state index in [2.05, 4.69) is 18.7 Å². The number of anilines is 1. The molecule has 1 fully saturated rings. The summed E-state index contributed by atoms with van der Waals surface area (Å²) in [4.78, 5) is 2.60. The zero-order valence-corrected chi connectivity index (χ0v) is 12.1. The molecule has 1 aliphatic heterocycles.